The van der Waals surface area contributed by atoms with Crippen LogP contribution in [0.3, 0.4) is 0 Å². The molecule has 2 aromatic carbocycles. The maximum atomic E-state index is 12.8. The predicted molar refractivity (Wildman–Crippen MR) is 136 cm³/mol. The molecule has 1 saturated heterocycles. The molecule has 0 atom stereocenters. The largest absolute Gasteiger partial charge is 0.369 e. The van der Waals surface area contributed by atoms with Gasteiger partial charge in [-0.3, -0.25) is 9.59 Å². The van der Waals surface area contributed by atoms with E-state index in [4.69, 9.17) is 5.73 Å². The van der Waals surface area contributed by atoms with Crippen LogP contribution in [0, 0.1) is 17.8 Å². The van der Waals surface area contributed by atoms with Gasteiger partial charge in [0, 0.05) is 24.3 Å². The van der Waals surface area contributed by atoms with Gasteiger partial charge in [-0.25, -0.2) is 0 Å². The molecule has 2 amide bonds. The van der Waals surface area contributed by atoms with Crippen LogP contribution in [0.4, 0.5) is 0 Å². The van der Waals surface area contributed by atoms with Gasteiger partial charge < -0.3 is 16.0 Å². The average Bonchev–Trinajstić information content (AvgIpc) is 2.89. The summed E-state index contributed by atoms with van der Waals surface area (Å²) in [7, 11) is 0. The van der Waals surface area contributed by atoms with Crippen molar-refractivity contribution in [2.45, 2.75) is 50.9 Å². The number of amides is 2. The highest BCUT2D eigenvalue weighted by Gasteiger charge is 2.28. The molecular weight excluding hydrogens is 422 g/mol. The van der Waals surface area contributed by atoms with Gasteiger partial charge in [0.2, 0.25) is 11.8 Å². The Labute approximate surface area is 204 Å². The fourth-order valence-electron chi connectivity index (χ4n) is 5.67. The molecule has 182 valence electrons. The Balaban J connectivity index is 1.20. The van der Waals surface area contributed by atoms with Crippen molar-refractivity contribution < 1.29 is 9.59 Å². The van der Waals surface area contributed by atoms with E-state index in [0.29, 0.717) is 11.8 Å². The molecule has 5 nitrogen and oxygen atoms in total. The van der Waals surface area contributed by atoms with Crippen molar-refractivity contribution in [1.82, 2.24) is 10.2 Å². The van der Waals surface area contributed by atoms with Gasteiger partial charge in [-0.1, -0.05) is 60.7 Å². The third-order valence-electron chi connectivity index (χ3n) is 7.91. The SMILES string of the molecule is NC(=O)C1CCC(CNC(=O)C2CCN(CCC(c3ccccc3)c3ccccc3)CC2)CC1. The molecule has 2 aliphatic rings. The zero-order chi connectivity index (χ0) is 23.8. The Morgan fingerprint density at radius 2 is 1.38 bits per heavy atom. The standard InChI is InChI=1S/C29H39N3O2/c30-28(33)25-13-11-22(12-14-25)21-31-29(34)26-15-18-32(19-16-26)20-17-27(23-7-3-1-4-8-23)24-9-5-2-6-10-24/h1-10,22,25-27H,11-21H2,(H2,30,33)(H,31,34). The van der Waals surface area contributed by atoms with E-state index in [1.54, 1.807) is 0 Å². The second kappa shape index (κ2) is 12.2. The highest BCUT2D eigenvalue weighted by Crippen LogP contribution is 2.30. The fourth-order valence-corrected chi connectivity index (χ4v) is 5.67. The van der Waals surface area contributed by atoms with Crippen LogP contribution in [0.2, 0.25) is 0 Å². The van der Waals surface area contributed by atoms with E-state index in [2.05, 4.69) is 70.9 Å². The van der Waals surface area contributed by atoms with Crippen molar-refractivity contribution in [2.24, 2.45) is 23.5 Å². The van der Waals surface area contributed by atoms with Crippen molar-refractivity contribution in [1.29, 1.82) is 0 Å². The maximum Gasteiger partial charge on any atom is 0.223 e. The zero-order valence-electron chi connectivity index (χ0n) is 20.2. The Morgan fingerprint density at radius 3 is 1.91 bits per heavy atom. The fraction of sp³-hybridized carbons (Fsp3) is 0.517. The quantitative estimate of drug-likeness (QED) is 0.584. The molecule has 0 aromatic heterocycles. The minimum atomic E-state index is -0.173. The number of rotatable bonds is 9. The first-order chi connectivity index (χ1) is 16.6. The molecule has 4 rings (SSSR count). The topological polar surface area (TPSA) is 75.4 Å². The van der Waals surface area contributed by atoms with E-state index in [9.17, 15) is 9.59 Å². The second-order valence-electron chi connectivity index (χ2n) is 10.1. The summed E-state index contributed by atoms with van der Waals surface area (Å²) < 4.78 is 0. The van der Waals surface area contributed by atoms with E-state index in [1.165, 1.54) is 11.1 Å². The number of nitrogens with two attached hydrogens (primary N) is 1. The molecule has 1 saturated carbocycles. The molecule has 0 unspecified atom stereocenters. The number of carbonyl (C=O) groups excluding carboxylic acids is 2. The number of hydrogen-bond donors (Lipinski definition) is 2. The predicted octanol–water partition coefficient (Wildman–Crippen LogP) is 4.33. The summed E-state index contributed by atoms with van der Waals surface area (Å²) in [6.45, 7) is 3.75. The van der Waals surface area contributed by atoms with Gasteiger partial charge >= 0.3 is 0 Å². The third-order valence-corrected chi connectivity index (χ3v) is 7.91. The normalized spacial score (nSPS) is 21.9. The molecule has 0 bridgehead atoms. The molecule has 2 fully saturated rings. The van der Waals surface area contributed by atoms with Gasteiger partial charge in [0.05, 0.1) is 0 Å². The molecule has 2 aromatic rings. The Bertz CT molecular complexity index is 862. The molecule has 34 heavy (non-hydrogen) atoms. The van der Waals surface area contributed by atoms with Crippen molar-refractivity contribution in [3.63, 3.8) is 0 Å². The van der Waals surface area contributed by atoms with Gasteiger partial charge in [-0.05, 0) is 81.6 Å². The van der Waals surface area contributed by atoms with E-state index in [0.717, 1.165) is 71.1 Å². The minimum Gasteiger partial charge on any atom is -0.369 e. The number of nitrogens with one attached hydrogen (secondary N) is 1. The zero-order valence-corrected chi connectivity index (χ0v) is 20.2. The van der Waals surface area contributed by atoms with Gasteiger partial charge in [0.15, 0.2) is 0 Å². The lowest BCUT2D eigenvalue weighted by Crippen LogP contribution is -2.42. The second-order valence-corrected chi connectivity index (χ2v) is 10.1. The van der Waals surface area contributed by atoms with Crippen LogP contribution >= 0.6 is 0 Å². The van der Waals surface area contributed by atoms with Crippen LogP contribution in [0.25, 0.3) is 0 Å². The maximum absolute atomic E-state index is 12.8. The number of benzene rings is 2. The summed E-state index contributed by atoms with van der Waals surface area (Å²) in [6, 6.07) is 21.6. The number of hydrogen-bond acceptors (Lipinski definition) is 3. The van der Waals surface area contributed by atoms with Crippen LogP contribution in [0.1, 0.15) is 62.0 Å². The molecular formula is C29H39N3O2. The van der Waals surface area contributed by atoms with Crippen LogP contribution in [-0.4, -0.2) is 42.9 Å². The molecule has 1 aliphatic heterocycles. The number of carbonyl (C=O) groups is 2. The molecule has 5 heteroatoms. The average molecular weight is 462 g/mol. The van der Waals surface area contributed by atoms with Crippen molar-refractivity contribution in [2.75, 3.05) is 26.2 Å². The van der Waals surface area contributed by atoms with Crippen molar-refractivity contribution in [3.05, 3.63) is 71.8 Å². The number of primary amides is 1. The first-order valence-electron chi connectivity index (χ1n) is 13.0. The summed E-state index contributed by atoms with van der Waals surface area (Å²) in [5.74, 6) is 1.06. The van der Waals surface area contributed by atoms with Gasteiger partial charge in [0.1, 0.15) is 0 Å². The lowest BCUT2D eigenvalue weighted by Gasteiger charge is -2.33. The van der Waals surface area contributed by atoms with E-state index >= 15 is 0 Å². The Kier molecular flexibility index (Phi) is 8.75. The van der Waals surface area contributed by atoms with Crippen LogP contribution in [-0.2, 0) is 9.59 Å². The Hall–Kier alpha value is -2.66. The highest BCUT2D eigenvalue weighted by atomic mass is 16.2. The summed E-state index contributed by atoms with van der Waals surface area (Å²) in [4.78, 5) is 26.6. The molecule has 1 heterocycles. The number of piperidine rings is 1. The van der Waals surface area contributed by atoms with Crippen LogP contribution in [0.15, 0.2) is 60.7 Å². The third kappa shape index (κ3) is 6.69. The van der Waals surface area contributed by atoms with E-state index < -0.39 is 0 Å². The lowest BCUT2D eigenvalue weighted by molar-refractivity contribution is -0.127. The van der Waals surface area contributed by atoms with E-state index in [-0.39, 0.29) is 23.7 Å². The lowest BCUT2D eigenvalue weighted by atomic mass is 9.81. The first kappa shape index (κ1) is 24.5. The highest BCUT2D eigenvalue weighted by molar-refractivity contribution is 5.78. The molecule has 1 aliphatic carbocycles. The molecule has 0 spiro atoms. The summed E-state index contributed by atoms with van der Waals surface area (Å²) >= 11 is 0. The van der Waals surface area contributed by atoms with Crippen LogP contribution in [0.5, 0.6) is 0 Å². The smallest absolute Gasteiger partial charge is 0.223 e. The summed E-state index contributed by atoms with van der Waals surface area (Å²) in [5, 5.41) is 3.20. The van der Waals surface area contributed by atoms with Crippen molar-refractivity contribution >= 4 is 11.8 Å². The minimum absolute atomic E-state index is 0.0275. The van der Waals surface area contributed by atoms with E-state index in [1.807, 2.05) is 0 Å². The summed E-state index contributed by atoms with van der Waals surface area (Å²) in [6.07, 6.45) is 6.64. The van der Waals surface area contributed by atoms with Crippen LogP contribution < -0.4 is 11.1 Å². The van der Waals surface area contributed by atoms with Gasteiger partial charge in [-0.15, -0.1) is 0 Å². The van der Waals surface area contributed by atoms with Gasteiger partial charge in [0.25, 0.3) is 0 Å². The van der Waals surface area contributed by atoms with Gasteiger partial charge in [-0.2, -0.15) is 0 Å². The first-order valence-corrected chi connectivity index (χ1v) is 13.0. The molecule has 3 N–H and O–H groups in total. The number of nitrogens with zero attached hydrogens (tertiary/aromatic N) is 1. The summed E-state index contributed by atoms with van der Waals surface area (Å²) in [5.41, 5.74) is 8.16. The molecule has 0 radical (unpaired) electrons. The monoisotopic (exact) mass is 461 g/mol. The number of likely N-dealkylation sites (tertiary alicyclic amines) is 1. The Morgan fingerprint density at radius 1 is 0.824 bits per heavy atom. The van der Waals surface area contributed by atoms with Crippen molar-refractivity contribution in [3.8, 4) is 0 Å².